The van der Waals surface area contributed by atoms with Crippen molar-refractivity contribution >= 4 is 33.3 Å². The van der Waals surface area contributed by atoms with Gasteiger partial charge in [-0.3, -0.25) is 14.9 Å². The summed E-state index contributed by atoms with van der Waals surface area (Å²) in [6.07, 6.45) is 0.0241. The van der Waals surface area contributed by atoms with Crippen molar-refractivity contribution in [2.24, 2.45) is 0 Å². The van der Waals surface area contributed by atoms with Gasteiger partial charge in [0.15, 0.2) is 0 Å². The van der Waals surface area contributed by atoms with Crippen LogP contribution in [0.5, 0.6) is 0 Å². The Morgan fingerprint density at radius 1 is 1.52 bits per heavy atom. The highest BCUT2D eigenvalue weighted by atomic mass is 35.5. The predicted molar refractivity (Wildman–Crippen MR) is 74.9 cm³/mol. The number of carbonyl (C=O) groups is 1. The molecule has 0 radical (unpaired) electrons. The number of rotatable bonds is 6. The maximum Gasteiger partial charge on any atom is 0.321 e. The normalized spacial score (nSPS) is 12.9. The molecule has 0 aliphatic rings. The van der Waals surface area contributed by atoms with E-state index in [0.717, 1.165) is 12.1 Å². The van der Waals surface area contributed by atoms with Crippen molar-refractivity contribution in [3.05, 3.63) is 32.8 Å². The molecule has 0 unspecified atom stereocenters. The lowest BCUT2D eigenvalue weighted by Crippen LogP contribution is -2.40. The van der Waals surface area contributed by atoms with E-state index in [1.165, 1.54) is 13.8 Å². The van der Waals surface area contributed by atoms with Crippen LogP contribution >= 0.6 is 11.6 Å². The molecule has 0 spiro atoms. The van der Waals surface area contributed by atoms with E-state index < -0.39 is 37.5 Å². The fraction of sp³-hybridized carbons (Fsp3) is 0.364. The van der Waals surface area contributed by atoms with E-state index in [0.29, 0.717) is 0 Å². The van der Waals surface area contributed by atoms with Crippen LogP contribution in [0.15, 0.2) is 17.0 Å². The zero-order valence-electron chi connectivity index (χ0n) is 11.2. The van der Waals surface area contributed by atoms with Crippen LogP contribution in [0.1, 0.15) is 18.9 Å². The summed E-state index contributed by atoms with van der Waals surface area (Å²) in [6, 6.07) is 0.563. The molecule has 1 atom stereocenters. The fourth-order valence-electron chi connectivity index (χ4n) is 1.55. The number of nitrogens with zero attached hydrogens (tertiary/aromatic N) is 1. The van der Waals surface area contributed by atoms with E-state index in [9.17, 15) is 23.3 Å². The van der Waals surface area contributed by atoms with Crippen LogP contribution in [0.4, 0.5) is 5.69 Å². The quantitative estimate of drug-likeness (QED) is 0.601. The number of hydrogen-bond acceptors (Lipinski definition) is 5. The van der Waals surface area contributed by atoms with E-state index in [1.54, 1.807) is 0 Å². The average molecular weight is 337 g/mol. The number of carboxylic acid groups (broad SMARTS) is 1. The molecule has 0 fully saturated rings. The maximum absolute atomic E-state index is 12.1. The molecule has 0 aromatic heterocycles. The number of benzene rings is 1. The second-order valence-corrected chi connectivity index (χ2v) is 6.35. The molecule has 0 aliphatic heterocycles. The minimum Gasteiger partial charge on any atom is -0.480 e. The Kier molecular flexibility index (Phi) is 5.26. The molecule has 2 N–H and O–H groups in total. The summed E-state index contributed by atoms with van der Waals surface area (Å²) >= 11 is 5.79. The molecule has 0 saturated heterocycles. The van der Waals surface area contributed by atoms with Gasteiger partial charge in [-0.1, -0.05) is 18.5 Å². The van der Waals surface area contributed by atoms with E-state index in [2.05, 4.69) is 0 Å². The highest BCUT2D eigenvalue weighted by Gasteiger charge is 2.27. The Balaban J connectivity index is 3.32. The van der Waals surface area contributed by atoms with Crippen LogP contribution in [0, 0.1) is 17.0 Å². The highest BCUT2D eigenvalue weighted by molar-refractivity contribution is 7.89. The van der Waals surface area contributed by atoms with E-state index in [-0.39, 0.29) is 17.0 Å². The van der Waals surface area contributed by atoms with Gasteiger partial charge >= 0.3 is 5.97 Å². The third kappa shape index (κ3) is 3.90. The predicted octanol–water partition coefficient (Wildman–Crippen LogP) is 1.70. The van der Waals surface area contributed by atoms with Gasteiger partial charge in [0.25, 0.3) is 5.69 Å². The van der Waals surface area contributed by atoms with Gasteiger partial charge in [-0.05, 0) is 19.4 Å². The average Bonchev–Trinajstić information content (AvgIpc) is 2.38. The number of aliphatic carboxylic acids is 1. The lowest BCUT2D eigenvalue weighted by molar-refractivity contribution is -0.385. The molecule has 0 amide bonds. The summed E-state index contributed by atoms with van der Waals surface area (Å²) in [6.45, 7) is 2.88. The second-order valence-electron chi connectivity index (χ2n) is 4.23. The third-order valence-corrected chi connectivity index (χ3v) is 4.64. The van der Waals surface area contributed by atoms with Crippen molar-refractivity contribution < 1.29 is 23.2 Å². The number of halogens is 1. The summed E-state index contributed by atoms with van der Waals surface area (Å²) in [5.41, 5.74) is -0.322. The van der Waals surface area contributed by atoms with Crippen LogP contribution < -0.4 is 4.72 Å². The van der Waals surface area contributed by atoms with Gasteiger partial charge in [-0.2, -0.15) is 4.72 Å². The molecule has 0 heterocycles. The van der Waals surface area contributed by atoms with Gasteiger partial charge in [0.2, 0.25) is 10.0 Å². The van der Waals surface area contributed by atoms with Gasteiger partial charge < -0.3 is 5.11 Å². The zero-order valence-corrected chi connectivity index (χ0v) is 12.7. The Hall–Kier alpha value is -1.71. The van der Waals surface area contributed by atoms with Crippen LogP contribution in [0.3, 0.4) is 0 Å². The van der Waals surface area contributed by atoms with Crippen molar-refractivity contribution in [2.75, 3.05) is 0 Å². The van der Waals surface area contributed by atoms with Gasteiger partial charge in [-0.25, -0.2) is 8.42 Å². The molecular formula is C11H13ClN2O6S. The number of sulfonamides is 1. The van der Waals surface area contributed by atoms with Crippen molar-refractivity contribution in [1.82, 2.24) is 4.72 Å². The SMILES string of the molecule is CC[C@@H](NS(=O)(=O)c1cc(Cl)c(C)c([N+](=O)[O-])c1)C(=O)O. The number of carboxylic acids is 1. The van der Waals surface area contributed by atoms with E-state index in [4.69, 9.17) is 16.7 Å². The lowest BCUT2D eigenvalue weighted by Gasteiger charge is -2.13. The molecular weight excluding hydrogens is 324 g/mol. The smallest absolute Gasteiger partial charge is 0.321 e. The number of hydrogen-bond donors (Lipinski definition) is 2. The van der Waals surface area contributed by atoms with Gasteiger partial charge in [-0.15, -0.1) is 0 Å². The highest BCUT2D eigenvalue weighted by Crippen LogP contribution is 2.29. The first-order valence-corrected chi connectivity index (χ1v) is 7.66. The molecule has 1 aromatic carbocycles. The van der Waals surface area contributed by atoms with Crippen LogP contribution in [-0.4, -0.2) is 30.5 Å². The Morgan fingerprint density at radius 3 is 2.52 bits per heavy atom. The second kappa shape index (κ2) is 6.37. The Morgan fingerprint density at radius 2 is 2.10 bits per heavy atom. The topological polar surface area (TPSA) is 127 Å². The zero-order chi connectivity index (χ0) is 16.4. The van der Waals surface area contributed by atoms with Crippen LogP contribution in [0.2, 0.25) is 5.02 Å². The first kappa shape index (κ1) is 17.3. The summed E-state index contributed by atoms with van der Waals surface area (Å²) in [4.78, 5) is 20.5. The third-order valence-electron chi connectivity index (χ3n) is 2.80. The summed E-state index contributed by atoms with van der Waals surface area (Å²) in [5, 5.41) is 19.7. The monoisotopic (exact) mass is 336 g/mol. The van der Waals surface area contributed by atoms with Gasteiger partial charge in [0, 0.05) is 11.6 Å². The first-order chi connectivity index (χ1) is 9.60. The van der Waals surface area contributed by atoms with Crippen molar-refractivity contribution in [3.8, 4) is 0 Å². The molecule has 8 nitrogen and oxygen atoms in total. The first-order valence-electron chi connectivity index (χ1n) is 5.79. The molecule has 0 bridgehead atoms. The standard InChI is InChI=1S/C11H13ClN2O6S/c1-3-9(11(15)16)13-21(19,20)7-4-8(12)6(2)10(5-7)14(17)18/h4-5,9,13H,3H2,1-2H3,(H,15,16)/t9-/m1/s1. The van der Waals surface area contributed by atoms with Crippen molar-refractivity contribution in [1.29, 1.82) is 0 Å². The molecule has 0 saturated carbocycles. The molecule has 1 rings (SSSR count). The van der Waals surface area contributed by atoms with Crippen molar-refractivity contribution in [2.45, 2.75) is 31.2 Å². The fourth-order valence-corrected chi connectivity index (χ4v) is 3.15. The number of nitro groups is 1. The molecule has 10 heteroatoms. The van der Waals surface area contributed by atoms with E-state index >= 15 is 0 Å². The molecule has 21 heavy (non-hydrogen) atoms. The Labute approximate surface area is 125 Å². The molecule has 1 aromatic rings. The minimum atomic E-state index is -4.23. The number of nitro benzene ring substituents is 1. The maximum atomic E-state index is 12.1. The molecule has 116 valence electrons. The Bertz CT molecular complexity index is 688. The summed E-state index contributed by atoms with van der Waals surface area (Å²) in [7, 11) is -4.23. The van der Waals surface area contributed by atoms with Gasteiger partial charge in [0.1, 0.15) is 6.04 Å². The number of nitrogens with one attached hydrogen (secondary N) is 1. The molecule has 0 aliphatic carbocycles. The summed E-state index contributed by atoms with van der Waals surface area (Å²) < 4.78 is 26.1. The van der Waals surface area contributed by atoms with Crippen molar-refractivity contribution in [3.63, 3.8) is 0 Å². The summed E-state index contributed by atoms with van der Waals surface area (Å²) in [5.74, 6) is -1.34. The van der Waals surface area contributed by atoms with E-state index in [1.807, 2.05) is 4.72 Å². The minimum absolute atomic E-state index is 0.0241. The largest absolute Gasteiger partial charge is 0.480 e. The van der Waals surface area contributed by atoms with Crippen LogP contribution in [0.25, 0.3) is 0 Å². The van der Waals surface area contributed by atoms with Gasteiger partial charge in [0.05, 0.1) is 14.8 Å². The lowest BCUT2D eigenvalue weighted by atomic mass is 10.2. The van der Waals surface area contributed by atoms with Crippen LogP contribution in [-0.2, 0) is 14.8 Å².